The lowest BCUT2D eigenvalue weighted by Gasteiger charge is -2.12. The van der Waals surface area contributed by atoms with Crippen LogP contribution < -0.4 is 15.4 Å². The molecule has 0 aliphatic rings. The van der Waals surface area contributed by atoms with Crippen LogP contribution in [0.4, 0.5) is 19.3 Å². The smallest absolute Gasteiger partial charge is 0.319 e. The van der Waals surface area contributed by atoms with Crippen molar-refractivity contribution in [2.24, 2.45) is 0 Å². The van der Waals surface area contributed by atoms with Gasteiger partial charge >= 0.3 is 12.0 Å². The molecule has 1 aromatic carbocycles. The van der Waals surface area contributed by atoms with Crippen LogP contribution in [0.15, 0.2) is 18.2 Å². The highest BCUT2D eigenvalue weighted by molar-refractivity contribution is 5.89. The van der Waals surface area contributed by atoms with Crippen molar-refractivity contribution in [2.75, 3.05) is 18.5 Å². The molecule has 0 saturated carbocycles. The Hall–Kier alpha value is -2.38. The average Bonchev–Trinajstić information content (AvgIpc) is 2.38. The number of halogens is 2. The summed E-state index contributed by atoms with van der Waals surface area (Å²) in [6.45, 7) is 0.953. The molecule has 8 heteroatoms. The monoisotopic (exact) mass is 302 g/mol. The summed E-state index contributed by atoms with van der Waals surface area (Å²) in [6.07, 6.45) is -2.77. The summed E-state index contributed by atoms with van der Waals surface area (Å²) in [5.41, 5.74) is 1.02. The number of carbonyl (C=O) groups is 2. The zero-order chi connectivity index (χ0) is 15.8. The number of carbonyl (C=O) groups excluding carboxylic acids is 1. The predicted octanol–water partition coefficient (Wildman–Crippen LogP) is 2.24. The first kappa shape index (κ1) is 16.7. The Labute approximate surface area is 120 Å². The van der Waals surface area contributed by atoms with Gasteiger partial charge in [0.1, 0.15) is 12.4 Å². The molecule has 0 heterocycles. The zero-order valence-corrected chi connectivity index (χ0v) is 11.4. The molecule has 21 heavy (non-hydrogen) atoms. The number of carboxylic acids is 1. The second-order valence-electron chi connectivity index (χ2n) is 4.21. The van der Waals surface area contributed by atoms with Crippen LogP contribution in [0.1, 0.15) is 12.0 Å². The summed E-state index contributed by atoms with van der Waals surface area (Å²) < 4.78 is 29.2. The number of urea groups is 1. The minimum Gasteiger partial charge on any atom is -0.487 e. The first-order chi connectivity index (χ1) is 9.88. The highest BCUT2D eigenvalue weighted by atomic mass is 19.3. The first-order valence-electron chi connectivity index (χ1n) is 6.16. The molecule has 0 spiro atoms. The van der Waals surface area contributed by atoms with Crippen LogP contribution in [-0.4, -0.2) is 36.7 Å². The summed E-state index contributed by atoms with van der Waals surface area (Å²) in [5.74, 6) is -0.771. The largest absolute Gasteiger partial charge is 0.487 e. The Morgan fingerprint density at radius 2 is 2.10 bits per heavy atom. The van der Waals surface area contributed by atoms with E-state index in [0.29, 0.717) is 11.3 Å². The highest BCUT2D eigenvalue weighted by Crippen LogP contribution is 2.23. The quantitative estimate of drug-likeness (QED) is 0.721. The standard InChI is InChI=1S/C13H16F2N2O4/c1-8-2-3-9(6-10(8)21-7-11(14)15)17-13(20)16-5-4-12(18)19/h2-3,6,11H,4-5,7H2,1H3,(H,18,19)(H2,16,17,20). The van der Waals surface area contributed by atoms with Gasteiger partial charge in [-0.1, -0.05) is 6.07 Å². The number of anilines is 1. The fraction of sp³-hybridized carbons (Fsp3) is 0.385. The Kier molecular flexibility index (Phi) is 6.38. The van der Waals surface area contributed by atoms with Crippen molar-refractivity contribution in [3.05, 3.63) is 23.8 Å². The van der Waals surface area contributed by atoms with E-state index in [0.717, 1.165) is 0 Å². The molecule has 0 fully saturated rings. The van der Waals surface area contributed by atoms with Crippen LogP contribution in [0.5, 0.6) is 5.75 Å². The molecule has 0 atom stereocenters. The first-order valence-corrected chi connectivity index (χ1v) is 6.16. The molecule has 1 rings (SSSR count). The molecule has 0 radical (unpaired) electrons. The van der Waals surface area contributed by atoms with E-state index in [1.54, 1.807) is 19.1 Å². The van der Waals surface area contributed by atoms with Crippen LogP contribution in [-0.2, 0) is 4.79 Å². The molecule has 0 aliphatic heterocycles. The highest BCUT2D eigenvalue weighted by Gasteiger charge is 2.08. The van der Waals surface area contributed by atoms with Gasteiger partial charge in [-0.3, -0.25) is 4.79 Å². The third kappa shape index (κ3) is 6.55. The van der Waals surface area contributed by atoms with Gasteiger partial charge in [-0.05, 0) is 18.6 Å². The lowest BCUT2D eigenvalue weighted by Crippen LogP contribution is -2.30. The molecule has 0 saturated heterocycles. The summed E-state index contributed by atoms with van der Waals surface area (Å²) in [6, 6.07) is 4.05. The maximum atomic E-state index is 12.1. The minimum atomic E-state index is -2.58. The number of ether oxygens (including phenoxy) is 1. The van der Waals surface area contributed by atoms with Gasteiger partial charge in [0.25, 0.3) is 6.43 Å². The van der Waals surface area contributed by atoms with E-state index in [4.69, 9.17) is 9.84 Å². The SMILES string of the molecule is Cc1ccc(NC(=O)NCCC(=O)O)cc1OCC(F)F. The van der Waals surface area contributed by atoms with Crippen molar-refractivity contribution in [3.63, 3.8) is 0 Å². The van der Waals surface area contributed by atoms with Gasteiger partial charge in [-0.25, -0.2) is 13.6 Å². The van der Waals surface area contributed by atoms with E-state index in [1.807, 2.05) is 0 Å². The van der Waals surface area contributed by atoms with E-state index in [1.165, 1.54) is 6.07 Å². The third-order valence-corrected chi connectivity index (χ3v) is 2.44. The molecule has 3 N–H and O–H groups in total. The van der Waals surface area contributed by atoms with Crippen molar-refractivity contribution < 1.29 is 28.2 Å². The molecule has 116 valence electrons. The van der Waals surface area contributed by atoms with Crippen molar-refractivity contribution in [3.8, 4) is 5.75 Å². The van der Waals surface area contributed by atoms with Crippen LogP contribution in [0.25, 0.3) is 0 Å². The molecule has 1 aromatic rings. The van der Waals surface area contributed by atoms with Crippen LogP contribution in [0.3, 0.4) is 0 Å². The van der Waals surface area contributed by atoms with Crippen molar-refractivity contribution in [2.45, 2.75) is 19.8 Å². The van der Waals surface area contributed by atoms with Crippen molar-refractivity contribution >= 4 is 17.7 Å². The fourth-order valence-corrected chi connectivity index (χ4v) is 1.44. The zero-order valence-electron chi connectivity index (χ0n) is 11.4. The summed E-state index contributed by atoms with van der Waals surface area (Å²) in [4.78, 5) is 21.8. The molecular weight excluding hydrogens is 286 g/mol. The molecule has 0 aliphatic carbocycles. The number of amides is 2. The van der Waals surface area contributed by atoms with Crippen molar-refractivity contribution in [1.29, 1.82) is 0 Å². The number of carboxylic acid groups (broad SMARTS) is 1. The van der Waals surface area contributed by atoms with Crippen LogP contribution in [0, 0.1) is 6.92 Å². The Morgan fingerprint density at radius 3 is 2.71 bits per heavy atom. The van der Waals surface area contributed by atoms with E-state index >= 15 is 0 Å². The number of hydrogen-bond donors (Lipinski definition) is 3. The molecule has 0 unspecified atom stereocenters. The molecule has 0 aromatic heterocycles. The van der Waals surface area contributed by atoms with Gasteiger partial charge < -0.3 is 20.5 Å². The summed E-state index contributed by atoms with van der Waals surface area (Å²) in [7, 11) is 0. The molecular formula is C13H16F2N2O4. The molecule has 6 nitrogen and oxygen atoms in total. The topological polar surface area (TPSA) is 87.7 Å². The number of aryl methyl sites for hydroxylation is 1. The second-order valence-corrected chi connectivity index (χ2v) is 4.21. The Morgan fingerprint density at radius 1 is 1.38 bits per heavy atom. The molecule has 2 amide bonds. The summed E-state index contributed by atoms with van der Waals surface area (Å²) >= 11 is 0. The van der Waals surface area contributed by atoms with E-state index in [-0.39, 0.29) is 18.7 Å². The number of aliphatic carboxylic acids is 1. The maximum absolute atomic E-state index is 12.1. The van der Waals surface area contributed by atoms with Crippen molar-refractivity contribution in [1.82, 2.24) is 5.32 Å². The number of hydrogen-bond acceptors (Lipinski definition) is 3. The number of benzene rings is 1. The number of rotatable bonds is 7. The minimum absolute atomic E-state index is 0.0121. The average molecular weight is 302 g/mol. The Bertz CT molecular complexity index is 509. The van der Waals surface area contributed by atoms with E-state index in [2.05, 4.69) is 10.6 Å². The van der Waals surface area contributed by atoms with Crippen LogP contribution in [0.2, 0.25) is 0 Å². The van der Waals surface area contributed by atoms with Gasteiger partial charge in [0, 0.05) is 18.3 Å². The second kappa shape index (κ2) is 8.03. The normalized spacial score (nSPS) is 10.3. The fourth-order valence-electron chi connectivity index (χ4n) is 1.44. The number of nitrogens with one attached hydrogen (secondary N) is 2. The lowest BCUT2D eigenvalue weighted by molar-refractivity contribution is -0.136. The van der Waals surface area contributed by atoms with Crippen LogP contribution >= 0.6 is 0 Å². The molecule has 0 bridgehead atoms. The predicted molar refractivity (Wildman–Crippen MR) is 72.0 cm³/mol. The van der Waals surface area contributed by atoms with Gasteiger partial charge in [-0.15, -0.1) is 0 Å². The summed E-state index contributed by atoms with van der Waals surface area (Å²) in [5, 5.41) is 13.3. The lowest BCUT2D eigenvalue weighted by atomic mass is 10.2. The van der Waals surface area contributed by atoms with Gasteiger partial charge in [0.2, 0.25) is 0 Å². The van der Waals surface area contributed by atoms with Gasteiger partial charge in [-0.2, -0.15) is 0 Å². The van der Waals surface area contributed by atoms with E-state index < -0.39 is 25.0 Å². The van der Waals surface area contributed by atoms with Gasteiger partial charge in [0.15, 0.2) is 0 Å². The van der Waals surface area contributed by atoms with Gasteiger partial charge in [0.05, 0.1) is 6.42 Å². The third-order valence-electron chi connectivity index (χ3n) is 2.44. The Balaban J connectivity index is 2.56. The number of alkyl halides is 2. The van der Waals surface area contributed by atoms with E-state index in [9.17, 15) is 18.4 Å². The maximum Gasteiger partial charge on any atom is 0.319 e.